The van der Waals surface area contributed by atoms with Gasteiger partial charge in [0.25, 0.3) is 5.69 Å². The molecule has 21 heavy (non-hydrogen) atoms. The van der Waals surface area contributed by atoms with Gasteiger partial charge in [-0.15, -0.1) is 0 Å². The fourth-order valence-electron chi connectivity index (χ4n) is 1.66. The Hall–Kier alpha value is -2.48. The molecule has 0 fully saturated rings. The molecule has 3 N–H and O–H groups in total. The number of non-ortho nitro benzene ring substituents is 1. The molecule has 0 amide bonds. The van der Waals surface area contributed by atoms with Gasteiger partial charge in [-0.3, -0.25) is 15.2 Å². The number of nitro benzene ring substituents is 1. The zero-order chi connectivity index (χ0) is 15.4. The molecule has 0 aliphatic rings. The number of H-pyrrole nitrogens is 1. The van der Waals surface area contributed by atoms with Gasteiger partial charge in [-0.1, -0.05) is 19.9 Å². The predicted octanol–water partition coefficient (Wildman–Crippen LogP) is 1.95. The first kappa shape index (κ1) is 14.9. The van der Waals surface area contributed by atoms with Crippen LogP contribution in [0.4, 0.5) is 5.69 Å². The van der Waals surface area contributed by atoms with Gasteiger partial charge in [0.1, 0.15) is 12.4 Å². The van der Waals surface area contributed by atoms with E-state index in [1.807, 2.05) is 13.8 Å². The average Bonchev–Trinajstić information content (AvgIpc) is 2.93. The van der Waals surface area contributed by atoms with E-state index in [9.17, 15) is 10.1 Å². The number of hydrogen-bond acceptors (Lipinski definition) is 6. The molecule has 0 aliphatic heterocycles. The van der Waals surface area contributed by atoms with Crippen LogP contribution in [0.3, 0.4) is 0 Å². The van der Waals surface area contributed by atoms with Crippen LogP contribution in [0.1, 0.15) is 31.5 Å². The van der Waals surface area contributed by atoms with Crippen molar-refractivity contribution >= 4 is 5.69 Å². The average molecular weight is 291 g/mol. The van der Waals surface area contributed by atoms with E-state index in [1.54, 1.807) is 12.1 Å². The minimum atomic E-state index is -0.471. The third-order valence-electron chi connectivity index (χ3n) is 2.97. The molecule has 1 aromatic carbocycles. The summed E-state index contributed by atoms with van der Waals surface area (Å²) in [6, 6.07) is 5.73. The van der Waals surface area contributed by atoms with Crippen LogP contribution in [0.25, 0.3) is 0 Å². The third kappa shape index (κ3) is 3.76. The van der Waals surface area contributed by atoms with E-state index < -0.39 is 4.92 Å². The van der Waals surface area contributed by atoms with E-state index in [0.29, 0.717) is 17.4 Å². The van der Waals surface area contributed by atoms with Gasteiger partial charge >= 0.3 is 0 Å². The first-order valence-electron chi connectivity index (χ1n) is 6.51. The number of benzene rings is 1. The van der Waals surface area contributed by atoms with Gasteiger partial charge in [0.05, 0.1) is 17.0 Å². The lowest BCUT2D eigenvalue weighted by Crippen LogP contribution is -2.18. The number of aromatic amines is 1. The van der Waals surface area contributed by atoms with Crippen LogP contribution in [0, 0.1) is 16.0 Å². The van der Waals surface area contributed by atoms with Crippen LogP contribution in [-0.2, 0) is 6.61 Å². The van der Waals surface area contributed by atoms with Gasteiger partial charge in [-0.2, -0.15) is 5.10 Å². The van der Waals surface area contributed by atoms with E-state index in [4.69, 9.17) is 10.5 Å². The summed E-state index contributed by atoms with van der Waals surface area (Å²) >= 11 is 0. The molecular formula is C13H17N5O3. The summed E-state index contributed by atoms with van der Waals surface area (Å²) in [5.74, 6) is 1.68. The summed E-state index contributed by atoms with van der Waals surface area (Å²) in [4.78, 5) is 14.5. The minimum absolute atomic E-state index is 0.0208. The maximum absolute atomic E-state index is 10.7. The second kappa shape index (κ2) is 6.31. The third-order valence-corrected chi connectivity index (χ3v) is 2.97. The molecule has 1 heterocycles. The molecule has 0 saturated carbocycles. The summed E-state index contributed by atoms with van der Waals surface area (Å²) in [6.45, 7) is 4.11. The monoisotopic (exact) mass is 291 g/mol. The topological polar surface area (TPSA) is 120 Å². The Labute approximate surface area is 121 Å². The zero-order valence-electron chi connectivity index (χ0n) is 11.8. The summed E-state index contributed by atoms with van der Waals surface area (Å²) < 4.78 is 5.46. The highest BCUT2D eigenvalue weighted by Crippen LogP contribution is 2.20. The highest BCUT2D eigenvalue weighted by atomic mass is 16.6. The van der Waals surface area contributed by atoms with Gasteiger partial charge in [0.15, 0.2) is 11.6 Å². The summed E-state index contributed by atoms with van der Waals surface area (Å²) in [5, 5.41) is 17.5. The quantitative estimate of drug-likeness (QED) is 0.620. The van der Waals surface area contributed by atoms with Gasteiger partial charge in [-0.05, 0) is 12.0 Å². The number of nitrogens with two attached hydrogens (primary N) is 1. The Bertz CT molecular complexity index is 626. The number of nitrogens with one attached hydrogen (secondary N) is 1. The summed E-state index contributed by atoms with van der Waals surface area (Å²) in [7, 11) is 0. The van der Waals surface area contributed by atoms with Crippen molar-refractivity contribution in [3.8, 4) is 5.75 Å². The van der Waals surface area contributed by atoms with Crippen molar-refractivity contribution < 1.29 is 9.66 Å². The number of hydrogen-bond donors (Lipinski definition) is 2. The van der Waals surface area contributed by atoms with Crippen LogP contribution in [0.5, 0.6) is 5.75 Å². The van der Waals surface area contributed by atoms with Crippen molar-refractivity contribution in [2.24, 2.45) is 11.7 Å². The molecule has 0 aliphatic carbocycles. The highest BCUT2D eigenvalue weighted by molar-refractivity contribution is 5.37. The van der Waals surface area contributed by atoms with Crippen molar-refractivity contribution in [2.75, 3.05) is 0 Å². The van der Waals surface area contributed by atoms with Crippen LogP contribution in [-0.4, -0.2) is 20.1 Å². The second-order valence-corrected chi connectivity index (χ2v) is 4.95. The van der Waals surface area contributed by atoms with E-state index in [0.717, 1.165) is 0 Å². The van der Waals surface area contributed by atoms with Crippen molar-refractivity contribution in [3.05, 3.63) is 46.0 Å². The molecule has 1 aromatic heterocycles. The predicted molar refractivity (Wildman–Crippen MR) is 75.6 cm³/mol. The smallest absolute Gasteiger partial charge is 0.273 e. The molecule has 0 bridgehead atoms. The van der Waals surface area contributed by atoms with Gasteiger partial charge in [0.2, 0.25) is 0 Å². The van der Waals surface area contributed by atoms with E-state index in [2.05, 4.69) is 15.2 Å². The Morgan fingerprint density at radius 1 is 1.48 bits per heavy atom. The molecule has 2 rings (SSSR count). The lowest BCUT2D eigenvalue weighted by molar-refractivity contribution is -0.384. The van der Waals surface area contributed by atoms with Crippen LogP contribution in [0.2, 0.25) is 0 Å². The van der Waals surface area contributed by atoms with Gasteiger partial charge in [0, 0.05) is 6.07 Å². The minimum Gasteiger partial charge on any atom is -0.485 e. The molecule has 1 atom stereocenters. The van der Waals surface area contributed by atoms with Crippen molar-refractivity contribution in [1.82, 2.24) is 15.2 Å². The molecule has 0 saturated heterocycles. The Kier molecular flexibility index (Phi) is 4.49. The first-order valence-corrected chi connectivity index (χ1v) is 6.51. The molecule has 0 spiro atoms. The lowest BCUT2D eigenvalue weighted by Gasteiger charge is -2.10. The second-order valence-electron chi connectivity index (χ2n) is 4.95. The summed E-state index contributed by atoms with van der Waals surface area (Å²) in [5.41, 5.74) is 5.93. The number of nitrogens with zero attached hydrogens (tertiary/aromatic N) is 3. The van der Waals surface area contributed by atoms with Crippen LogP contribution in [0.15, 0.2) is 24.3 Å². The van der Waals surface area contributed by atoms with Crippen molar-refractivity contribution in [2.45, 2.75) is 26.5 Å². The van der Waals surface area contributed by atoms with Crippen molar-refractivity contribution in [3.63, 3.8) is 0 Å². The maximum atomic E-state index is 10.7. The van der Waals surface area contributed by atoms with Crippen LogP contribution < -0.4 is 10.5 Å². The SMILES string of the molecule is CC(C)[C@@H](N)c1n[nH]c(COc2cccc([N+](=O)[O-])c2)n1. The molecule has 2 aromatic rings. The van der Waals surface area contributed by atoms with Crippen molar-refractivity contribution in [1.29, 1.82) is 0 Å². The van der Waals surface area contributed by atoms with E-state index in [1.165, 1.54) is 12.1 Å². The number of aromatic nitrogens is 3. The van der Waals surface area contributed by atoms with E-state index >= 15 is 0 Å². The number of rotatable bonds is 6. The molecule has 0 unspecified atom stereocenters. The van der Waals surface area contributed by atoms with Crippen LogP contribution >= 0.6 is 0 Å². The molecule has 112 valence electrons. The summed E-state index contributed by atoms with van der Waals surface area (Å²) in [6.07, 6.45) is 0. The Morgan fingerprint density at radius 3 is 2.90 bits per heavy atom. The molecule has 8 nitrogen and oxygen atoms in total. The lowest BCUT2D eigenvalue weighted by atomic mass is 10.1. The highest BCUT2D eigenvalue weighted by Gasteiger charge is 2.16. The van der Waals surface area contributed by atoms with Gasteiger partial charge < -0.3 is 10.5 Å². The fraction of sp³-hybridized carbons (Fsp3) is 0.385. The Balaban J connectivity index is 2.00. The normalized spacial score (nSPS) is 12.4. The molecular weight excluding hydrogens is 274 g/mol. The number of nitro groups is 1. The molecule has 8 heteroatoms. The standard InChI is InChI=1S/C13H17N5O3/c1-8(2)12(14)13-15-11(16-17-13)7-21-10-5-3-4-9(6-10)18(19)20/h3-6,8,12H,7,14H2,1-2H3,(H,15,16,17)/t12-/m1/s1. The molecule has 0 radical (unpaired) electrons. The number of ether oxygens (including phenoxy) is 1. The van der Waals surface area contributed by atoms with E-state index in [-0.39, 0.29) is 24.3 Å². The van der Waals surface area contributed by atoms with Gasteiger partial charge in [-0.25, -0.2) is 4.98 Å². The fourth-order valence-corrected chi connectivity index (χ4v) is 1.66. The Morgan fingerprint density at radius 2 is 2.24 bits per heavy atom. The zero-order valence-corrected chi connectivity index (χ0v) is 11.8. The first-order chi connectivity index (χ1) is 9.97. The largest absolute Gasteiger partial charge is 0.485 e. The maximum Gasteiger partial charge on any atom is 0.273 e.